The number of nitrogens with two attached hydrogens (primary N) is 2. The fourth-order valence-electron chi connectivity index (χ4n) is 1.20. The Morgan fingerprint density at radius 2 is 2.06 bits per heavy atom. The van der Waals surface area contributed by atoms with E-state index in [0.29, 0.717) is 5.69 Å². The van der Waals surface area contributed by atoms with Crippen LogP contribution >= 0.6 is 11.6 Å². The van der Waals surface area contributed by atoms with Crippen molar-refractivity contribution in [3.05, 3.63) is 23.2 Å². The van der Waals surface area contributed by atoms with Crippen LogP contribution < -0.4 is 11.5 Å². The number of anilines is 1. The predicted octanol–water partition coefficient (Wildman–Crippen LogP) is 0.0280. The number of hydrogen-bond donors (Lipinski definition) is 2. The zero-order valence-electron chi connectivity index (χ0n) is 9.05. The van der Waals surface area contributed by atoms with E-state index in [2.05, 4.69) is 0 Å². The Bertz CT molecular complexity index is 544. The van der Waals surface area contributed by atoms with Crippen molar-refractivity contribution < 1.29 is 13.2 Å². The van der Waals surface area contributed by atoms with E-state index in [1.807, 2.05) is 0 Å². The van der Waals surface area contributed by atoms with E-state index in [4.69, 9.17) is 23.1 Å². The lowest BCUT2D eigenvalue weighted by molar-refractivity contribution is -0.118. The van der Waals surface area contributed by atoms with E-state index in [-0.39, 0.29) is 9.92 Å². The van der Waals surface area contributed by atoms with E-state index in [9.17, 15) is 13.2 Å². The molecular formula is C9H12ClN3O3S. The molecule has 1 rings (SSSR count). The van der Waals surface area contributed by atoms with Gasteiger partial charge in [0.15, 0.2) is 0 Å². The predicted molar refractivity (Wildman–Crippen MR) is 64.9 cm³/mol. The number of nitrogens with zero attached hydrogens (tertiary/aromatic N) is 1. The highest BCUT2D eigenvalue weighted by Crippen LogP contribution is 2.25. The highest BCUT2D eigenvalue weighted by atomic mass is 35.5. The van der Waals surface area contributed by atoms with Crippen LogP contribution in [0.25, 0.3) is 0 Å². The monoisotopic (exact) mass is 277 g/mol. The number of carbonyl (C=O) groups excluding carboxylic acids is 1. The van der Waals surface area contributed by atoms with Crippen molar-refractivity contribution in [2.75, 3.05) is 19.3 Å². The van der Waals surface area contributed by atoms with E-state index in [1.165, 1.54) is 25.2 Å². The summed E-state index contributed by atoms with van der Waals surface area (Å²) in [5.41, 5.74) is 10.7. The zero-order chi connectivity index (χ0) is 13.2. The first-order valence-electron chi connectivity index (χ1n) is 4.55. The van der Waals surface area contributed by atoms with Gasteiger partial charge in [0, 0.05) is 12.7 Å². The van der Waals surface area contributed by atoms with E-state index >= 15 is 0 Å². The topological polar surface area (TPSA) is 106 Å². The second kappa shape index (κ2) is 4.91. The van der Waals surface area contributed by atoms with Crippen LogP contribution in [-0.2, 0) is 14.8 Å². The number of rotatable bonds is 4. The second-order valence-electron chi connectivity index (χ2n) is 3.42. The number of sulfonamides is 1. The average Bonchev–Trinajstić information content (AvgIpc) is 2.15. The number of likely N-dealkylation sites (N-methyl/N-ethyl adjacent to an activating group) is 1. The quantitative estimate of drug-likeness (QED) is 0.757. The smallest absolute Gasteiger partial charge is 0.244 e. The van der Waals surface area contributed by atoms with E-state index < -0.39 is 22.5 Å². The molecule has 0 fully saturated rings. The molecule has 8 heteroatoms. The Morgan fingerprint density at radius 1 is 1.47 bits per heavy atom. The summed E-state index contributed by atoms with van der Waals surface area (Å²) in [6.45, 7) is -0.414. The Hall–Kier alpha value is -1.31. The lowest BCUT2D eigenvalue weighted by atomic mass is 10.3. The summed E-state index contributed by atoms with van der Waals surface area (Å²) in [5, 5.41) is 0.00122. The molecule has 0 unspecified atom stereocenters. The Kier molecular flexibility index (Phi) is 3.97. The van der Waals surface area contributed by atoms with Crippen LogP contribution in [0, 0.1) is 0 Å². The molecule has 1 amide bonds. The minimum Gasteiger partial charge on any atom is -0.399 e. The zero-order valence-corrected chi connectivity index (χ0v) is 10.6. The third-order valence-corrected chi connectivity index (χ3v) is 4.31. The van der Waals surface area contributed by atoms with Crippen LogP contribution in [0.5, 0.6) is 0 Å². The van der Waals surface area contributed by atoms with Crippen LogP contribution in [0.4, 0.5) is 5.69 Å². The molecule has 0 aliphatic rings. The highest BCUT2D eigenvalue weighted by Gasteiger charge is 2.24. The molecule has 0 saturated heterocycles. The van der Waals surface area contributed by atoms with Crippen molar-refractivity contribution >= 4 is 33.2 Å². The maximum atomic E-state index is 12.0. The van der Waals surface area contributed by atoms with E-state index in [1.54, 1.807) is 0 Å². The Balaban J connectivity index is 3.17. The first-order valence-corrected chi connectivity index (χ1v) is 6.36. The van der Waals surface area contributed by atoms with Gasteiger partial charge in [-0.15, -0.1) is 0 Å². The molecule has 1 aromatic carbocycles. The maximum absolute atomic E-state index is 12.0. The molecule has 4 N–H and O–H groups in total. The summed E-state index contributed by atoms with van der Waals surface area (Å²) in [5.74, 6) is -0.748. The summed E-state index contributed by atoms with van der Waals surface area (Å²) in [7, 11) is -2.59. The molecule has 17 heavy (non-hydrogen) atoms. The van der Waals surface area contributed by atoms with E-state index in [0.717, 1.165) is 4.31 Å². The molecule has 0 aromatic heterocycles. The number of primary amides is 1. The number of nitrogen functional groups attached to an aromatic ring is 1. The number of benzene rings is 1. The molecular weight excluding hydrogens is 266 g/mol. The second-order valence-corrected chi connectivity index (χ2v) is 5.84. The van der Waals surface area contributed by atoms with Crippen molar-refractivity contribution in [3.8, 4) is 0 Å². The molecule has 0 heterocycles. The van der Waals surface area contributed by atoms with Crippen molar-refractivity contribution in [1.29, 1.82) is 0 Å². The van der Waals surface area contributed by atoms with Gasteiger partial charge in [-0.3, -0.25) is 4.79 Å². The van der Waals surface area contributed by atoms with Gasteiger partial charge in [0.05, 0.1) is 11.6 Å². The fourth-order valence-corrected chi connectivity index (χ4v) is 2.86. The summed E-state index contributed by atoms with van der Waals surface area (Å²) in [6.07, 6.45) is 0. The van der Waals surface area contributed by atoms with Gasteiger partial charge in [-0.2, -0.15) is 4.31 Å². The lowest BCUT2D eigenvalue weighted by Crippen LogP contribution is -2.35. The van der Waals surface area contributed by atoms with Crippen LogP contribution in [0.3, 0.4) is 0 Å². The fraction of sp³-hybridized carbons (Fsp3) is 0.222. The third kappa shape index (κ3) is 3.09. The number of amides is 1. The number of hydrogen-bond acceptors (Lipinski definition) is 4. The van der Waals surface area contributed by atoms with Crippen LogP contribution in [-0.4, -0.2) is 32.2 Å². The first-order chi connectivity index (χ1) is 7.75. The summed E-state index contributed by atoms with van der Waals surface area (Å²) in [6, 6.07) is 4.02. The molecule has 1 aromatic rings. The van der Waals surface area contributed by atoms with Gasteiger partial charge >= 0.3 is 0 Å². The third-order valence-electron chi connectivity index (χ3n) is 2.02. The average molecular weight is 278 g/mol. The van der Waals surface area contributed by atoms with Gasteiger partial charge in [0.25, 0.3) is 0 Å². The highest BCUT2D eigenvalue weighted by molar-refractivity contribution is 7.89. The number of carbonyl (C=O) groups is 1. The molecule has 0 atom stereocenters. The van der Waals surface area contributed by atoms with Crippen molar-refractivity contribution in [2.24, 2.45) is 5.73 Å². The first kappa shape index (κ1) is 13.8. The van der Waals surface area contributed by atoms with Gasteiger partial charge < -0.3 is 11.5 Å². The van der Waals surface area contributed by atoms with Gasteiger partial charge in [-0.1, -0.05) is 11.6 Å². The lowest BCUT2D eigenvalue weighted by Gasteiger charge is -2.16. The van der Waals surface area contributed by atoms with Crippen molar-refractivity contribution in [1.82, 2.24) is 4.31 Å². The largest absolute Gasteiger partial charge is 0.399 e. The standard InChI is InChI=1S/C9H12ClN3O3S/c1-13(5-9(12)14)17(15,16)8-3-2-6(11)4-7(8)10/h2-4H,5,11H2,1H3,(H2,12,14). The SMILES string of the molecule is CN(CC(N)=O)S(=O)(=O)c1ccc(N)cc1Cl. The summed E-state index contributed by atoms with van der Waals surface area (Å²) < 4.78 is 24.8. The van der Waals surface area contributed by atoms with Crippen LogP contribution in [0.1, 0.15) is 0 Å². The van der Waals surface area contributed by atoms with Gasteiger partial charge in [-0.25, -0.2) is 8.42 Å². The van der Waals surface area contributed by atoms with Gasteiger partial charge in [-0.05, 0) is 18.2 Å². The minimum absolute atomic E-state index is 0.00122. The molecule has 6 nitrogen and oxygen atoms in total. The summed E-state index contributed by atoms with van der Waals surface area (Å²) in [4.78, 5) is 10.6. The number of halogens is 1. The summed E-state index contributed by atoms with van der Waals surface area (Å²) >= 11 is 5.79. The van der Waals surface area contributed by atoms with Gasteiger partial charge in [0.2, 0.25) is 15.9 Å². The molecule has 0 radical (unpaired) electrons. The Morgan fingerprint density at radius 3 is 2.53 bits per heavy atom. The molecule has 0 aliphatic heterocycles. The Labute approximate surface area is 104 Å². The van der Waals surface area contributed by atoms with Crippen molar-refractivity contribution in [2.45, 2.75) is 4.90 Å². The molecule has 0 saturated carbocycles. The molecule has 0 aliphatic carbocycles. The normalized spacial score (nSPS) is 11.7. The van der Waals surface area contributed by atoms with Gasteiger partial charge in [0.1, 0.15) is 4.90 Å². The molecule has 94 valence electrons. The minimum atomic E-state index is -3.84. The van der Waals surface area contributed by atoms with Crippen molar-refractivity contribution in [3.63, 3.8) is 0 Å². The molecule has 0 spiro atoms. The van der Waals surface area contributed by atoms with Crippen LogP contribution in [0.2, 0.25) is 5.02 Å². The maximum Gasteiger partial charge on any atom is 0.244 e. The van der Waals surface area contributed by atoms with Crippen LogP contribution in [0.15, 0.2) is 23.1 Å². The molecule has 0 bridgehead atoms.